The molecule has 1 aromatic carbocycles. The molecule has 1 aromatic rings. The molecule has 114 valence electrons. The maximum absolute atomic E-state index is 13.5. The Morgan fingerprint density at radius 3 is 2.55 bits per heavy atom. The molecule has 0 aliphatic carbocycles. The van der Waals surface area contributed by atoms with Crippen LogP contribution in [0.25, 0.3) is 0 Å². The van der Waals surface area contributed by atoms with Gasteiger partial charge in [-0.05, 0) is 38.0 Å². The predicted octanol–water partition coefficient (Wildman–Crippen LogP) is 3.54. The Balaban J connectivity index is 3.41. The van der Waals surface area contributed by atoms with Crippen LogP contribution in [0.1, 0.15) is 40.5 Å². The molecule has 0 radical (unpaired) electrons. The van der Waals surface area contributed by atoms with E-state index in [2.05, 4.69) is 18.2 Å². The summed E-state index contributed by atoms with van der Waals surface area (Å²) < 4.78 is 20.1. The van der Waals surface area contributed by atoms with E-state index in [1.807, 2.05) is 36.4 Å². The van der Waals surface area contributed by atoms with E-state index in [4.69, 9.17) is 5.73 Å². The Bertz CT molecular complexity index is 536. The number of nitrogens with zero attached hydrogens (tertiary/aromatic N) is 2. The molecule has 4 nitrogen and oxygen atoms in total. The second-order valence-electron chi connectivity index (χ2n) is 4.95. The van der Waals surface area contributed by atoms with Crippen LogP contribution in [0.3, 0.4) is 0 Å². The van der Waals surface area contributed by atoms with E-state index in [1.165, 1.54) is 0 Å². The summed E-state index contributed by atoms with van der Waals surface area (Å²) in [6.07, 6.45) is 1.83. The summed E-state index contributed by atoms with van der Waals surface area (Å²) in [5, 5.41) is 0. The topological polar surface area (TPSA) is 58.7 Å². The fraction of sp³-hybridized carbons (Fsp3) is 0.600. The smallest absolute Gasteiger partial charge is 0.140 e. The van der Waals surface area contributed by atoms with Crippen molar-refractivity contribution in [2.45, 2.75) is 51.5 Å². The van der Waals surface area contributed by atoms with Crippen LogP contribution in [0.15, 0.2) is 33.5 Å². The molecule has 0 saturated heterocycles. The molecule has 2 unspecified atom stereocenters. The molecule has 2 N–H and O–H groups in total. The van der Waals surface area contributed by atoms with Gasteiger partial charge in [-0.2, -0.15) is 0 Å². The van der Waals surface area contributed by atoms with E-state index in [1.54, 1.807) is 6.07 Å². The number of hydrogen-bond donors (Lipinski definition) is 1. The minimum atomic E-state index is -2.58. The Morgan fingerprint density at radius 2 is 2.05 bits per heavy atom. The highest BCUT2D eigenvalue weighted by atomic mass is 32.2. The zero-order valence-electron chi connectivity index (χ0n) is 13.0. The second-order valence-corrected chi connectivity index (χ2v) is 7.15. The van der Waals surface area contributed by atoms with Crippen molar-refractivity contribution in [3.05, 3.63) is 24.3 Å². The van der Waals surface area contributed by atoms with Gasteiger partial charge in [0.15, 0.2) is 0 Å². The van der Waals surface area contributed by atoms with Crippen LogP contribution in [0.5, 0.6) is 0 Å². The lowest BCUT2D eigenvalue weighted by atomic mass is 10.3. The minimum absolute atomic E-state index is 0.0647. The molecule has 0 bridgehead atoms. The minimum Gasteiger partial charge on any atom is -0.399 e. The third kappa shape index (κ3) is 3.96. The summed E-state index contributed by atoms with van der Waals surface area (Å²) in [5.41, 5.74) is 6.48. The number of benzene rings is 1. The quantitative estimate of drug-likeness (QED) is 0.783. The third-order valence-electron chi connectivity index (χ3n) is 3.25. The fourth-order valence-corrected chi connectivity index (χ4v) is 4.50. The first-order chi connectivity index (χ1) is 9.47. The van der Waals surface area contributed by atoms with Crippen LogP contribution >= 0.6 is 0 Å². The molecule has 0 spiro atoms. The highest BCUT2D eigenvalue weighted by molar-refractivity contribution is 7.91. The maximum Gasteiger partial charge on any atom is 0.140 e. The molecule has 5 heteroatoms. The van der Waals surface area contributed by atoms with Crippen molar-refractivity contribution < 1.29 is 4.21 Å². The maximum atomic E-state index is 13.5. The van der Waals surface area contributed by atoms with E-state index in [9.17, 15) is 4.21 Å². The van der Waals surface area contributed by atoms with Gasteiger partial charge in [-0.15, -0.1) is 0 Å². The first kappa shape index (κ1) is 17.0. The van der Waals surface area contributed by atoms with Crippen LogP contribution in [0.4, 0.5) is 5.69 Å². The molecular formula is C15H27N3OS. The standard InChI is InChI=1S/C15H27N3OS/c1-5-11-18(7-3)20(19,17-13(4)6-2)15-10-8-9-14(16)12-15/h8-10,12-13H,5-7,11,16H2,1-4H3. The number of nitrogen functional groups attached to an aromatic ring is 1. The van der Waals surface area contributed by atoms with Crippen LogP contribution < -0.4 is 5.73 Å². The summed E-state index contributed by atoms with van der Waals surface area (Å²) in [6.45, 7) is 9.65. The van der Waals surface area contributed by atoms with Gasteiger partial charge in [0, 0.05) is 18.8 Å². The summed E-state index contributed by atoms with van der Waals surface area (Å²) in [6, 6.07) is 7.36. The molecule has 1 rings (SSSR count). The van der Waals surface area contributed by atoms with Crippen molar-refractivity contribution in [2.75, 3.05) is 18.8 Å². The van der Waals surface area contributed by atoms with E-state index in [-0.39, 0.29) is 6.04 Å². The lowest BCUT2D eigenvalue weighted by molar-refractivity contribution is 0.455. The summed E-state index contributed by atoms with van der Waals surface area (Å²) >= 11 is 0. The molecular weight excluding hydrogens is 270 g/mol. The third-order valence-corrected chi connectivity index (χ3v) is 5.91. The first-order valence-corrected chi connectivity index (χ1v) is 8.82. The first-order valence-electron chi connectivity index (χ1n) is 7.34. The van der Waals surface area contributed by atoms with Gasteiger partial charge < -0.3 is 5.73 Å². The van der Waals surface area contributed by atoms with E-state index >= 15 is 0 Å². The molecule has 20 heavy (non-hydrogen) atoms. The number of hydrogen-bond acceptors (Lipinski definition) is 3. The van der Waals surface area contributed by atoms with Gasteiger partial charge in [0.2, 0.25) is 0 Å². The van der Waals surface area contributed by atoms with Gasteiger partial charge in [0.25, 0.3) is 0 Å². The van der Waals surface area contributed by atoms with E-state index in [0.717, 1.165) is 19.4 Å². The Hall–Kier alpha value is -1.07. The van der Waals surface area contributed by atoms with E-state index in [0.29, 0.717) is 17.1 Å². The molecule has 0 aromatic heterocycles. The molecule has 0 aliphatic rings. The van der Waals surface area contributed by atoms with Gasteiger partial charge in [-0.25, -0.2) is 12.9 Å². The monoisotopic (exact) mass is 297 g/mol. The zero-order valence-corrected chi connectivity index (χ0v) is 13.8. The lowest BCUT2D eigenvalue weighted by Gasteiger charge is -2.25. The summed E-state index contributed by atoms with van der Waals surface area (Å²) in [7, 11) is -2.58. The van der Waals surface area contributed by atoms with Gasteiger partial charge in [0.1, 0.15) is 9.92 Å². The second kappa shape index (κ2) is 7.64. The van der Waals surface area contributed by atoms with Crippen molar-refractivity contribution >= 4 is 15.6 Å². The van der Waals surface area contributed by atoms with Crippen molar-refractivity contribution in [1.29, 1.82) is 0 Å². The number of rotatable bonds is 7. The fourth-order valence-electron chi connectivity index (χ4n) is 1.98. The lowest BCUT2D eigenvalue weighted by Crippen LogP contribution is -2.32. The number of nitrogens with two attached hydrogens (primary N) is 1. The highest BCUT2D eigenvalue weighted by Gasteiger charge is 2.21. The Morgan fingerprint density at radius 1 is 1.35 bits per heavy atom. The summed E-state index contributed by atoms with van der Waals surface area (Å²) in [4.78, 5) is 0.716. The van der Waals surface area contributed by atoms with Crippen LogP contribution in [-0.2, 0) is 9.92 Å². The van der Waals surface area contributed by atoms with Gasteiger partial charge in [0.05, 0.1) is 10.9 Å². The number of anilines is 1. The van der Waals surface area contributed by atoms with Crippen molar-refractivity contribution in [2.24, 2.45) is 4.36 Å². The Labute approximate surface area is 123 Å². The molecule has 0 aliphatic heterocycles. The van der Waals surface area contributed by atoms with E-state index < -0.39 is 9.92 Å². The molecule has 0 amide bonds. The van der Waals surface area contributed by atoms with Crippen molar-refractivity contribution in [3.63, 3.8) is 0 Å². The van der Waals surface area contributed by atoms with Crippen LogP contribution in [-0.4, -0.2) is 27.6 Å². The van der Waals surface area contributed by atoms with Gasteiger partial charge in [-0.1, -0.05) is 26.8 Å². The predicted molar refractivity (Wildman–Crippen MR) is 87.0 cm³/mol. The molecule has 2 atom stereocenters. The molecule has 0 fully saturated rings. The van der Waals surface area contributed by atoms with Crippen molar-refractivity contribution in [3.8, 4) is 0 Å². The van der Waals surface area contributed by atoms with Gasteiger partial charge >= 0.3 is 0 Å². The average molecular weight is 297 g/mol. The molecule has 0 saturated carbocycles. The van der Waals surface area contributed by atoms with Crippen LogP contribution in [0, 0.1) is 0 Å². The van der Waals surface area contributed by atoms with Crippen LogP contribution in [0.2, 0.25) is 0 Å². The summed E-state index contributed by atoms with van der Waals surface area (Å²) in [5.74, 6) is 0. The largest absolute Gasteiger partial charge is 0.399 e. The highest BCUT2D eigenvalue weighted by Crippen LogP contribution is 2.22. The van der Waals surface area contributed by atoms with Crippen molar-refractivity contribution in [1.82, 2.24) is 4.31 Å². The SMILES string of the molecule is CCCN(CC)S(=O)(=NC(C)CC)c1cccc(N)c1. The average Bonchev–Trinajstić information content (AvgIpc) is 2.44. The van der Waals surface area contributed by atoms with Gasteiger partial charge in [-0.3, -0.25) is 0 Å². The molecule has 0 heterocycles. The zero-order chi connectivity index (χ0) is 15.2. The normalized spacial score (nSPS) is 15.8. The Kier molecular flexibility index (Phi) is 6.49.